The standard InChI is InChI=1S/C39H50N6O2/c1-24-9-7-8-10-27(28-14-18-32-29(21-28)15-19-33(36(32)40)41-22-30-16-11-25(2)43-30)13-17-31(24)34-23-42-37(44-34)35-20-12-26(3)45(35)38(46)47-39(4,5)6/h13-15,17-19,21-23,25-26,30,35,43H,1,7-12,16,20,40H2,2-6H3,(H,42,44)/b27-13+,31-17+,41-22+/t25-,26-,30-,35-/m0/s1. The first-order valence-corrected chi connectivity index (χ1v) is 17.3. The molecule has 2 saturated heterocycles. The number of fused-ring (bicyclic) bond motifs is 1. The fourth-order valence-electron chi connectivity index (χ4n) is 7.12. The molecule has 0 unspecified atom stereocenters. The summed E-state index contributed by atoms with van der Waals surface area (Å²) in [5.74, 6) is 0.790. The second-order valence-corrected chi connectivity index (χ2v) is 14.6. The van der Waals surface area contributed by atoms with Crippen molar-refractivity contribution in [2.45, 2.75) is 116 Å². The van der Waals surface area contributed by atoms with Gasteiger partial charge in [0.2, 0.25) is 0 Å². The number of nitrogen functional groups attached to an aromatic ring is 1. The van der Waals surface area contributed by atoms with Crippen LogP contribution in [0.1, 0.15) is 109 Å². The van der Waals surface area contributed by atoms with Crippen LogP contribution in [0.2, 0.25) is 0 Å². The highest BCUT2D eigenvalue weighted by Crippen LogP contribution is 2.38. The number of hydrogen-bond donors (Lipinski definition) is 3. The molecule has 2 aromatic carbocycles. The van der Waals surface area contributed by atoms with Crippen molar-refractivity contribution in [3.05, 3.63) is 77.9 Å². The maximum atomic E-state index is 13.1. The molecule has 1 aliphatic carbocycles. The van der Waals surface area contributed by atoms with E-state index >= 15 is 0 Å². The number of nitrogens with two attached hydrogens (primary N) is 1. The van der Waals surface area contributed by atoms with Crippen molar-refractivity contribution in [1.29, 1.82) is 0 Å². The zero-order valence-electron chi connectivity index (χ0n) is 28.6. The SMILES string of the molecule is C=C1CCCC/C(c2ccc3c(N)c(/N=C/[C@@H]4CC[C@H](C)N4)ccc3c2)=C\C=C/1c1cnc([C@@H]2CC[C@H](C)N2C(=O)OC(C)(C)C)[nH]1. The molecule has 1 aromatic heterocycles. The number of ether oxygens (including phenoxy) is 1. The molecule has 47 heavy (non-hydrogen) atoms. The van der Waals surface area contributed by atoms with Crippen molar-refractivity contribution in [1.82, 2.24) is 20.2 Å². The first-order valence-electron chi connectivity index (χ1n) is 17.3. The van der Waals surface area contributed by atoms with E-state index in [1.165, 1.54) is 17.6 Å². The number of imidazole rings is 1. The summed E-state index contributed by atoms with van der Waals surface area (Å²) in [5, 5.41) is 5.69. The van der Waals surface area contributed by atoms with Gasteiger partial charge in [-0.3, -0.25) is 9.89 Å². The molecule has 0 saturated carbocycles. The highest BCUT2D eigenvalue weighted by atomic mass is 16.6. The predicted octanol–water partition coefficient (Wildman–Crippen LogP) is 9.05. The summed E-state index contributed by atoms with van der Waals surface area (Å²) in [6.45, 7) is 14.4. The van der Waals surface area contributed by atoms with Gasteiger partial charge in [0.25, 0.3) is 0 Å². The smallest absolute Gasteiger partial charge is 0.411 e. The fraction of sp³-hybridized carbons (Fsp3) is 0.462. The zero-order valence-corrected chi connectivity index (χ0v) is 28.6. The monoisotopic (exact) mass is 634 g/mol. The van der Waals surface area contributed by atoms with Crippen molar-refractivity contribution >= 4 is 45.6 Å². The normalized spacial score (nSPS) is 26.5. The second-order valence-electron chi connectivity index (χ2n) is 14.6. The van der Waals surface area contributed by atoms with Crippen LogP contribution in [0.15, 0.2) is 65.8 Å². The van der Waals surface area contributed by atoms with Gasteiger partial charge < -0.3 is 20.8 Å². The number of rotatable bonds is 5. The maximum absolute atomic E-state index is 13.1. The maximum Gasteiger partial charge on any atom is 0.411 e. The Hall–Kier alpha value is -4.17. The summed E-state index contributed by atoms with van der Waals surface area (Å²) in [6.07, 6.45) is 16.1. The predicted molar refractivity (Wildman–Crippen MR) is 194 cm³/mol. The van der Waals surface area contributed by atoms with Crippen LogP contribution in [0.3, 0.4) is 0 Å². The fourth-order valence-corrected chi connectivity index (χ4v) is 7.12. The molecule has 0 radical (unpaired) electrons. The number of amides is 1. The number of carbonyl (C=O) groups excluding carboxylic acids is 1. The van der Waals surface area contributed by atoms with E-state index in [1.807, 2.05) is 44.1 Å². The number of H-pyrrole nitrogens is 1. The molecule has 4 N–H and O–H groups in total. The van der Waals surface area contributed by atoms with Crippen LogP contribution in [-0.2, 0) is 4.74 Å². The van der Waals surface area contributed by atoms with Crippen molar-refractivity contribution in [3.8, 4) is 0 Å². The van der Waals surface area contributed by atoms with E-state index in [1.54, 1.807) is 0 Å². The van der Waals surface area contributed by atoms with Gasteiger partial charge in [0.05, 0.1) is 29.3 Å². The van der Waals surface area contributed by atoms with Crippen LogP contribution < -0.4 is 11.1 Å². The number of aromatic nitrogens is 2. The van der Waals surface area contributed by atoms with E-state index in [-0.39, 0.29) is 18.2 Å². The average Bonchev–Trinajstić information content (AvgIpc) is 3.77. The van der Waals surface area contributed by atoms with Gasteiger partial charge in [0, 0.05) is 35.3 Å². The Morgan fingerprint density at radius 2 is 1.89 bits per heavy atom. The molecular formula is C39H50N6O2. The molecule has 248 valence electrons. The number of anilines is 1. The third kappa shape index (κ3) is 7.38. The average molecular weight is 635 g/mol. The van der Waals surface area contributed by atoms with Gasteiger partial charge in [-0.05, 0) is 120 Å². The lowest BCUT2D eigenvalue weighted by Crippen LogP contribution is -2.40. The first kappa shape index (κ1) is 32.8. The number of carbonyl (C=O) groups is 1. The van der Waals surface area contributed by atoms with Crippen LogP contribution in [0, 0.1) is 0 Å². The van der Waals surface area contributed by atoms with E-state index in [4.69, 9.17) is 20.4 Å². The lowest BCUT2D eigenvalue weighted by molar-refractivity contribution is 0.0151. The van der Waals surface area contributed by atoms with Crippen LogP contribution in [0.5, 0.6) is 0 Å². The minimum atomic E-state index is -0.553. The second kappa shape index (κ2) is 13.5. The molecule has 3 aromatic rings. The Morgan fingerprint density at radius 1 is 1.09 bits per heavy atom. The van der Waals surface area contributed by atoms with E-state index in [2.05, 4.69) is 67.1 Å². The molecule has 2 fully saturated rings. The van der Waals surface area contributed by atoms with Gasteiger partial charge in [-0.15, -0.1) is 0 Å². The molecule has 2 aliphatic heterocycles. The number of benzene rings is 2. The van der Waals surface area contributed by atoms with Gasteiger partial charge in [-0.2, -0.15) is 0 Å². The highest BCUT2D eigenvalue weighted by molar-refractivity contribution is 6.00. The third-order valence-corrected chi connectivity index (χ3v) is 9.69. The number of aliphatic imine (C=N–C) groups is 1. The largest absolute Gasteiger partial charge is 0.444 e. The Balaban J connectivity index is 1.25. The summed E-state index contributed by atoms with van der Waals surface area (Å²) in [6, 6.07) is 11.5. The van der Waals surface area contributed by atoms with Crippen LogP contribution in [0.4, 0.5) is 16.2 Å². The summed E-state index contributed by atoms with van der Waals surface area (Å²) in [5.41, 5.74) is 13.1. The first-order chi connectivity index (χ1) is 22.5. The number of allylic oxidation sites excluding steroid dienone is 5. The summed E-state index contributed by atoms with van der Waals surface area (Å²) >= 11 is 0. The zero-order chi connectivity index (χ0) is 33.3. The van der Waals surface area contributed by atoms with E-state index in [0.29, 0.717) is 12.1 Å². The molecule has 3 heterocycles. The highest BCUT2D eigenvalue weighted by Gasteiger charge is 2.39. The number of nitrogens with one attached hydrogen (secondary N) is 2. The third-order valence-electron chi connectivity index (χ3n) is 9.69. The molecule has 6 rings (SSSR count). The van der Waals surface area contributed by atoms with Crippen LogP contribution in [-0.4, -0.2) is 50.9 Å². The quantitative estimate of drug-likeness (QED) is 0.192. The molecular weight excluding hydrogens is 584 g/mol. The minimum absolute atomic E-state index is 0.0859. The Morgan fingerprint density at radius 3 is 2.66 bits per heavy atom. The topological polar surface area (TPSA) is 109 Å². The van der Waals surface area contributed by atoms with Crippen LogP contribution in [0.25, 0.3) is 21.9 Å². The van der Waals surface area contributed by atoms with Gasteiger partial charge in [-0.1, -0.05) is 36.9 Å². The van der Waals surface area contributed by atoms with Crippen molar-refractivity contribution < 1.29 is 9.53 Å². The Labute approximate surface area is 279 Å². The Bertz CT molecular complexity index is 1740. The number of hydrogen-bond acceptors (Lipinski definition) is 6. The minimum Gasteiger partial charge on any atom is -0.444 e. The van der Waals surface area contributed by atoms with Gasteiger partial charge in [0.15, 0.2) is 0 Å². The lowest BCUT2D eigenvalue weighted by atomic mass is 9.96. The molecule has 0 spiro atoms. The summed E-state index contributed by atoms with van der Waals surface area (Å²) in [7, 11) is 0. The van der Waals surface area contributed by atoms with Gasteiger partial charge in [-0.25, -0.2) is 9.78 Å². The van der Waals surface area contributed by atoms with E-state index in [9.17, 15) is 4.79 Å². The van der Waals surface area contributed by atoms with E-state index in [0.717, 1.165) is 89.8 Å². The van der Waals surface area contributed by atoms with E-state index < -0.39 is 5.60 Å². The Kier molecular flexibility index (Phi) is 9.42. The van der Waals surface area contributed by atoms with Crippen molar-refractivity contribution in [2.24, 2.45) is 4.99 Å². The lowest BCUT2D eigenvalue weighted by Gasteiger charge is -2.30. The number of aromatic amines is 1. The molecule has 0 bridgehead atoms. The summed E-state index contributed by atoms with van der Waals surface area (Å²) in [4.78, 5) is 28.1. The van der Waals surface area contributed by atoms with Gasteiger partial charge >= 0.3 is 6.09 Å². The summed E-state index contributed by atoms with van der Waals surface area (Å²) < 4.78 is 5.75. The van der Waals surface area contributed by atoms with Crippen LogP contribution >= 0.6 is 0 Å². The van der Waals surface area contributed by atoms with Gasteiger partial charge in [0.1, 0.15) is 11.4 Å². The number of likely N-dealkylation sites (tertiary alicyclic amines) is 1. The molecule has 8 nitrogen and oxygen atoms in total. The molecule has 8 heteroatoms. The number of nitrogens with zero attached hydrogens (tertiary/aromatic N) is 3. The molecule has 4 atom stereocenters. The van der Waals surface area contributed by atoms with Crippen molar-refractivity contribution in [2.75, 3.05) is 5.73 Å². The molecule has 1 amide bonds. The van der Waals surface area contributed by atoms with Crippen molar-refractivity contribution in [3.63, 3.8) is 0 Å². The molecule has 3 aliphatic rings.